The Morgan fingerprint density at radius 3 is 1.85 bits per heavy atom. The Morgan fingerprint density at radius 1 is 0.846 bits per heavy atom. The van der Waals surface area contributed by atoms with Gasteiger partial charge in [-0.3, -0.25) is 0 Å². The second-order valence-corrected chi connectivity index (χ2v) is 9.77. The highest BCUT2D eigenvalue weighted by Gasteiger charge is 2.22. The number of halogens is 2. The molecule has 0 saturated carbocycles. The predicted octanol–water partition coefficient (Wildman–Crippen LogP) is 2.57. The van der Waals surface area contributed by atoms with E-state index in [1.165, 1.54) is 60.2 Å². The summed E-state index contributed by atoms with van der Waals surface area (Å²) in [6.07, 6.45) is 2.62. The number of fused-ring (bicyclic) bond motifs is 2. The largest absolute Gasteiger partial charge is 0.508 e. The van der Waals surface area contributed by atoms with Crippen LogP contribution >= 0.6 is 0 Å². The van der Waals surface area contributed by atoms with Gasteiger partial charge in [0.25, 0.3) is 5.82 Å². The van der Waals surface area contributed by atoms with Crippen LogP contribution in [0.2, 0.25) is 0 Å². The average Bonchev–Trinajstić information content (AvgIpc) is 3.18. The van der Waals surface area contributed by atoms with Gasteiger partial charge in [0, 0.05) is 29.8 Å². The monoisotopic (exact) mass is 585 g/mol. The number of aromatic hydroxyl groups is 1. The van der Waals surface area contributed by atoms with Crippen LogP contribution in [0.5, 0.6) is 11.5 Å². The number of phenols is 1. The van der Waals surface area contributed by atoms with Crippen LogP contribution < -0.4 is 20.0 Å². The van der Waals surface area contributed by atoms with Crippen molar-refractivity contribution in [3.8, 4) is 11.5 Å². The number of phenolic OH excluding ortho intramolecular Hbond substituents is 1. The summed E-state index contributed by atoms with van der Waals surface area (Å²) in [7, 11) is -8.03. The van der Waals surface area contributed by atoms with Crippen molar-refractivity contribution in [3.63, 3.8) is 0 Å². The molecular weight excluding hydrogens is 566 g/mol. The van der Waals surface area contributed by atoms with Crippen molar-refractivity contribution in [1.82, 2.24) is 3.97 Å². The zero-order chi connectivity index (χ0) is 29.0. The molecule has 39 heavy (non-hydrogen) atoms. The molecule has 0 aliphatic carbocycles. The maximum Gasteiger partial charge on any atom is 0.488 e. The van der Waals surface area contributed by atoms with Crippen LogP contribution in [0.1, 0.15) is 5.82 Å². The summed E-state index contributed by atoms with van der Waals surface area (Å²) < 4.78 is 81.4. The van der Waals surface area contributed by atoms with E-state index in [1.807, 2.05) is 0 Å². The van der Waals surface area contributed by atoms with Crippen molar-refractivity contribution in [2.24, 2.45) is 7.05 Å². The fourth-order valence-corrected chi connectivity index (χ4v) is 4.02. The van der Waals surface area contributed by atoms with Gasteiger partial charge < -0.3 is 18.1 Å². The fraction of sp³-hybridized carbons (Fsp3) is 0.0870. The smallest absolute Gasteiger partial charge is 0.488 e. The molecule has 3 aromatic heterocycles. The van der Waals surface area contributed by atoms with E-state index in [1.54, 1.807) is 19.2 Å². The van der Waals surface area contributed by atoms with E-state index in [2.05, 4.69) is 4.18 Å². The minimum Gasteiger partial charge on any atom is -0.508 e. The molecule has 0 amide bonds. The van der Waals surface area contributed by atoms with Crippen molar-refractivity contribution >= 4 is 42.9 Å². The molecule has 0 radical (unpaired) electrons. The van der Waals surface area contributed by atoms with Gasteiger partial charge in [0.1, 0.15) is 35.1 Å². The summed E-state index contributed by atoms with van der Waals surface area (Å²) in [5.74, 6) is 0.299. The molecule has 3 heterocycles. The van der Waals surface area contributed by atoms with Crippen molar-refractivity contribution in [2.45, 2.75) is 6.92 Å². The highest BCUT2D eigenvalue weighted by molar-refractivity contribution is 7.84. The number of nitrogens with zero attached hydrogens (tertiary/aromatic N) is 2. The summed E-state index contributed by atoms with van der Waals surface area (Å²) in [6.45, 7) is 1.51. The highest BCUT2D eigenvalue weighted by Crippen LogP contribution is 2.21. The lowest BCUT2D eigenvalue weighted by atomic mass is 10.2. The van der Waals surface area contributed by atoms with Crippen LogP contribution in [0.4, 0.5) is 7.77 Å². The van der Waals surface area contributed by atoms with Gasteiger partial charge in [-0.1, -0.05) is 11.7 Å². The number of hydrogen-bond donors (Lipinski definition) is 1. The number of aromatic nitrogens is 2. The molecule has 0 spiro atoms. The Morgan fingerprint density at radius 2 is 1.38 bits per heavy atom. The average molecular weight is 586 g/mol. The van der Waals surface area contributed by atoms with Crippen LogP contribution in [0.25, 0.3) is 21.9 Å². The van der Waals surface area contributed by atoms with Gasteiger partial charge in [-0.15, -0.1) is 0 Å². The highest BCUT2D eigenvalue weighted by atomic mass is 32.3. The van der Waals surface area contributed by atoms with E-state index in [9.17, 15) is 34.2 Å². The molecule has 206 valence electrons. The molecule has 0 aliphatic heterocycles. The molecule has 0 fully saturated rings. The zero-order valence-corrected chi connectivity index (χ0v) is 21.6. The predicted molar refractivity (Wildman–Crippen MR) is 133 cm³/mol. The van der Waals surface area contributed by atoms with Crippen LogP contribution in [0.3, 0.4) is 0 Å². The van der Waals surface area contributed by atoms with Crippen LogP contribution in [0, 0.1) is 6.92 Å². The first-order chi connectivity index (χ1) is 18.1. The Bertz CT molecular complexity index is 1980. The standard InChI is InChI=1S/C9H5FO5S.C9H6O3.C5H8FN2O2S/c10-16(12,13)15-7-2-3-8-6(5-7)1-4-9(11)14-8;10-7-2-3-8-6(5-7)1-4-9(11)12-8;1-5-7(2)3-4-8(5)11(6,9)10/h1-5H;1-5,10H;3-4H,1-2H3/q;;+1. The maximum absolute atomic E-state index is 12.3. The number of benzene rings is 2. The minimum atomic E-state index is -5.05. The molecule has 0 unspecified atom stereocenters. The SMILES string of the molecule is Cc1n(S(=O)(=O)F)cc[n+]1C.O=c1ccc2cc(O)ccc2o1.O=c1ccc2cc(OS(=O)(=O)F)ccc2o1. The molecular formula is C23H19F2N2O10S2+. The number of aryl methyl sites for hydroxylation is 1. The topological polar surface area (TPSA) is 167 Å². The number of rotatable bonds is 3. The number of hydrogen-bond acceptors (Lipinski definition) is 10. The third-order valence-corrected chi connectivity index (χ3v) is 6.13. The molecule has 2 aromatic carbocycles. The van der Waals surface area contributed by atoms with Gasteiger partial charge in [-0.2, -0.15) is 16.8 Å². The van der Waals surface area contributed by atoms with E-state index in [4.69, 9.17) is 13.9 Å². The van der Waals surface area contributed by atoms with Crippen LogP contribution in [0.15, 0.2) is 91.5 Å². The number of imidazole rings is 1. The first kappa shape index (κ1) is 29.0. The van der Waals surface area contributed by atoms with Crippen LogP contribution in [-0.2, 0) is 28.0 Å². The van der Waals surface area contributed by atoms with E-state index in [0.717, 1.165) is 17.6 Å². The first-order valence-electron chi connectivity index (χ1n) is 10.5. The maximum atomic E-state index is 12.3. The summed E-state index contributed by atoms with van der Waals surface area (Å²) in [5.41, 5.74) is -0.163. The molecule has 0 atom stereocenters. The Kier molecular flexibility index (Phi) is 8.51. The lowest BCUT2D eigenvalue weighted by molar-refractivity contribution is -0.676. The van der Waals surface area contributed by atoms with Crippen molar-refractivity contribution < 1.29 is 47.3 Å². The van der Waals surface area contributed by atoms with E-state index >= 15 is 0 Å². The summed E-state index contributed by atoms with van der Waals surface area (Å²) in [4.78, 5) is 21.6. The Balaban J connectivity index is 0.000000165. The second kappa shape index (κ2) is 11.4. The molecule has 16 heteroatoms. The summed E-state index contributed by atoms with van der Waals surface area (Å²) in [5, 5.41) is 10.2. The first-order valence-corrected chi connectivity index (χ1v) is 13.2. The molecule has 12 nitrogen and oxygen atoms in total. The summed E-state index contributed by atoms with van der Waals surface area (Å²) >= 11 is 0. The van der Waals surface area contributed by atoms with Crippen molar-refractivity contribution in [3.05, 3.63) is 99.7 Å². The third-order valence-electron chi connectivity index (χ3n) is 4.88. The van der Waals surface area contributed by atoms with Crippen molar-refractivity contribution in [1.29, 1.82) is 0 Å². The second-order valence-electron chi connectivity index (χ2n) is 7.60. The van der Waals surface area contributed by atoms with E-state index in [0.29, 0.717) is 20.8 Å². The van der Waals surface area contributed by atoms with Gasteiger partial charge >= 0.3 is 32.2 Å². The molecule has 0 aliphatic rings. The van der Waals surface area contributed by atoms with Gasteiger partial charge in [0.15, 0.2) is 0 Å². The lowest BCUT2D eigenvalue weighted by Gasteiger charge is -2.00. The fourth-order valence-electron chi connectivity index (χ4n) is 3.04. The molecule has 0 saturated heterocycles. The lowest BCUT2D eigenvalue weighted by Crippen LogP contribution is -2.30. The van der Waals surface area contributed by atoms with E-state index in [-0.39, 0.29) is 22.7 Å². The van der Waals surface area contributed by atoms with Crippen molar-refractivity contribution in [2.75, 3.05) is 0 Å². The normalized spacial score (nSPS) is 11.3. The minimum absolute atomic E-state index is 0.163. The van der Waals surface area contributed by atoms with E-state index < -0.39 is 26.5 Å². The quantitative estimate of drug-likeness (QED) is 0.189. The molecule has 0 bridgehead atoms. The van der Waals surface area contributed by atoms with Crippen LogP contribution in [-0.4, -0.2) is 25.9 Å². The Hall–Kier alpha value is -4.57. The van der Waals surface area contributed by atoms with Gasteiger partial charge in [-0.25, -0.2) is 14.2 Å². The zero-order valence-electron chi connectivity index (χ0n) is 20.0. The summed E-state index contributed by atoms with van der Waals surface area (Å²) in [6, 6.07) is 13.8. The van der Waals surface area contributed by atoms with Gasteiger partial charge in [0.05, 0.1) is 7.05 Å². The molecule has 5 aromatic rings. The van der Waals surface area contributed by atoms with Gasteiger partial charge in [-0.05, 0) is 48.5 Å². The van der Waals surface area contributed by atoms with Gasteiger partial charge in [0.2, 0.25) is 0 Å². The molecule has 5 rings (SSSR count). The Labute approximate surface area is 219 Å². The molecule has 1 N–H and O–H groups in total. The third kappa shape index (κ3) is 8.21.